The van der Waals surface area contributed by atoms with Crippen LogP contribution in [0.3, 0.4) is 0 Å². The monoisotopic (exact) mass is 139 g/mol. The molecular formula is C9H17N. The molecule has 0 bridgehead atoms. The lowest BCUT2D eigenvalue weighted by molar-refractivity contribution is 1.04. The summed E-state index contributed by atoms with van der Waals surface area (Å²) in [5.41, 5.74) is 2.57. The number of aromatic nitrogens is 1. The van der Waals surface area contributed by atoms with Crippen LogP contribution in [0.4, 0.5) is 0 Å². The predicted molar refractivity (Wildman–Crippen MR) is 46.3 cm³/mol. The normalized spacial score (nSPS) is 8.40. The Kier molecular flexibility index (Phi) is 4.73. The molecule has 1 N–H and O–H groups in total. The van der Waals surface area contributed by atoms with Gasteiger partial charge in [-0.1, -0.05) is 20.8 Å². The van der Waals surface area contributed by atoms with Crippen molar-refractivity contribution in [2.24, 2.45) is 0 Å². The van der Waals surface area contributed by atoms with Crippen molar-refractivity contribution in [1.82, 2.24) is 4.98 Å². The van der Waals surface area contributed by atoms with Crippen LogP contribution >= 0.6 is 0 Å². The summed E-state index contributed by atoms with van der Waals surface area (Å²) in [6.07, 6.45) is 1.10. The summed E-state index contributed by atoms with van der Waals surface area (Å²) in [4.78, 5) is 3.23. The van der Waals surface area contributed by atoms with Crippen LogP contribution in [0.5, 0.6) is 0 Å². The molecule has 1 heterocycles. The van der Waals surface area contributed by atoms with Crippen molar-refractivity contribution in [3.63, 3.8) is 0 Å². The van der Waals surface area contributed by atoms with E-state index in [0.29, 0.717) is 0 Å². The fourth-order valence-electron chi connectivity index (χ4n) is 0.768. The van der Waals surface area contributed by atoms with Gasteiger partial charge in [0.25, 0.3) is 0 Å². The number of aromatic amines is 1. The molecule has 0 aromatic carbocycles. The van der Waals surface area contributed by atoms with Crippen LogP contribution in [0, 0.1) is 6.92 Å². The minimum absolute atomic E-state index is 1.10. The zero-order valence-electron chi connectivity index (χ0n) is 7.36. The molecular weight excluding hydrogens is 122 g/mol. The van der Waals surface area contributed by atoms with E-state index in [9.17, 15) is 0 Å². The molecule has 0 aliphatic rings. The van der Waals surface area contributed by atoms with Crippen molar-refractivity contribution in [2.75, 3.05) is 0 Å². The Labute approximate surface area is 63.5 Å². The zero-order chi connectivity index (χ0) is 7.98. The summed E-state index contributed by atoms with van der Waals surface area (Å²) >= 11 is 0. The predicted octanol–water partition coefficient (Wildman–Crippen LogP) is 2.91. The SMILES string of the molecule is CC.CCc1ccc(C)[nH]1. The number of rotatable bonds is 1. The number of hydrogen-bond donors (Lipinski definition) is 1. The van der Waals surface area contributed by atoms with Gasteiger partial charge < -0.3 is 4.98 Å². The van der Waals surface area contributed by atoms with E-state index in [2.05, 4.69) is 31.0 Å². The Morgan fingerprint density at radius 3 is 2.10 bits per heavy atom. The van der Waals surface area contributed by atoms with Gasteiger partial charge in [-0.15, -0.1) is 0 Å². The molecule has 1 rings (SSSR count). The molecule has 58 valence electrons. The van der Waals surface area contributed by atoms with E-state index in [1.165, 1.54) is 11.4 Å². The molecule has 0 unspecified atom stereocenters. The van der Waals surface area contributed by atoms with E-state index in [1.54, 1.807) is 0 Å². The Morgan fingerprint density at radius 2 is 1.90 bits per heavy atom. The largest absolute Gasteiger partial charge is 0.363 e. The highest BCUT2D eigenvalue weighted by atomic mass is 14.7. The topological polar surface area (TPSA) is 15.8 Å². The van der Waals surface area contributed by atoms with Gasteiger partial charge in [0.1, 0.15) is 0 Å². The number of H-pyrrole nitrogens is 1. The molecule has 1 aromatic heterocycles. The highest BCUT2D eigenvalue weighted by Crippen LogP contribution is 1.99. The Morgan fingerprint density at radius 1 is 1.30 bits per heavy atom. The maximum atomic E-state index is 3.23. The molecule has 0 fully saturated rings. The summed E-state index contributed by atoms with van der Waals surface area (Å²) in [5.74, 6) is 0. The third kappa shape index (κ3) is 2.72. The van der Waals surface area contributed by atoms with Crippen molar-refractivity contribution in [3.8, 4) is 0 Å². The van der Waals surface area contributed by atoms with E-state index in [0.717, 1.165) is 6.42 Å². The molecule has 0 aliphatic heterocycles. The molecule has 0 radical (unpaired) electrons. The first-order valence-corrected chi connectivity index (χ1v) is 3.97. The van der Waals surface area contributed by atoms with Crippen LogP contribution in [0.1, 0.15) is 32.2 Å². The van der Waals surface area contributed by atoms with Crippen LogP contribution in [-0.4, -0.2) is 4.98 Å². The minimum Gasteiger partial charge on any atom is -0.363 e. The summed E-state index contributed by atoms with van der Waals surface area (Å²) in [6, 6.07) is 4.22. The van der Waals surface area contributed by atoms with E-state index in [4.69, 9.17) is 0 Å². The Hall–Kier alpha value is -0.720. The van der Waals surface area contributed by atoms with Gasteiger partial charge in [-0.05, 0) is 25.5 Å². The van der Waals surface area contributed by atoms with Gasteiger partial charge in [0.15, 0.2) is 0 Å². The standard InChI is InChI=1S/C7H11N.C2H6/c1-3-7-5-4-6(2)8-7;1-2/h4-5,8H,3H2,1-2H3;1-2H3. The molecule has 0 spiro atoms. The lowest BCUT2D eigenvalue weighted by Crippen LogP contribution is -1.76. The second kappa shape index (κ2) is 5.10. The summed E-state index contributed by atoms with van der Waals surface area (Å²) in [7, 11) is 0. The fourth-order valence-corrected chi connectivity index (χ4v) is 0.768. The van der Waals surface area contributed by atoms with Crippen molar-refractivity contribution < 1.29 is 0 Å². The van der Waals surface area contributed by atoms with Crippen molar-refractivity contribution in [2.45, 2.75) is 34.1 Å². The van der Waals surface area contributed by atoms with Crippen LogP contribution < -0.4 is 0 Å². The molecule has 0 atom stereocenters. The van der Waals surface area contributed by atoms with Crippen LogP contribution in [0.25, 0.3) is 0 Å². The Bertz CT molecular complexity index is 165. The van der Waals surface area contributed by atoms with Crippen LogP contribution in [-0.2, 0) is 6.42 Å². The van der Waals surface area contributed by atoms with E-state index >= 15 is 0 Å². The minimum atomic E-state index is 1.10. The smallest absolute Gasteiger partial charge is 0.0146 e. The molecule has 10 heavy (non-hydrogen) atoms. The molecule has 0 saturated carbocycles. The van der Waals surface area contributed by atoms with Gasteiger partial charge in [-0.25, -0.2) is 0 Å². The van der Waals surface area contributed by atoms with Gasteiger partial charge in [0.2, 0.25) is 0 Å². The van der Waals surface area contributed by atoms with Gasteiger partial charge in [-0.3, -0.25) is 0 Å². The molecule has 0 saturated heterocycles. The van der Waals surface area contributed by atoms with Gasteiger partial charge >= 0.3 is 0 Å². The highest BCUT2D eigenvalue weighted by Gasteiger charge is 1.87. The summed E-state index contributed by atoms with van der Waals surface area (Å²) in [6.45, 7) is 8.21. The van der Waals surface area contributed by atoms with E-state index in [-0.39, 0.29) is 0 Å². The second-order valence-electron chi connectivity index (χ2n) is 2.02. The quantitative estimate of drug-likeness (QED) is 0.615. The third-order valence-corrected chi connectivity index (χ3v) is 1.27. The van der Waals surface area contributed by atoms with Gasteiger partial charge in [0, 0.05) is 11.4 Å². The Balaban J connectivity index is 0.000000371. The lowest BCUT2D eigenvalue weighted by Gasteiger charge is -1.84. The van der Waals surface area contributed by atoms with Crippen molar-refractivity contribution in [3.05, 3.63) is 23.5 Å². The van der Waals surface area contributed by atoms with E-state index < -0.39 is 0 Å². The first-order chi connectivity index (χ1) is 4.83. The molecule has 1 nitrogen and oxygen atoms in total. The maximum absolute atomic E-state index is 3.23. The molecule has 0 aliphatic carbocycles. The second-order valence-corrected chi connectivity index (χ2v) is 2.02. The first kappa shape index (κ1) is 9.28. The number of aryl methyl sites for hydroxylation is 2. The van der Waals surface area contributed by atoms with Crippen molar-refractivity contribution in [1.29, 1.82) is 0 Å². The first-order valence-electron chi connectivity index (χ1n) is 3.97. The molecule has 1 aromatic rings. The lowest BCUT2D eigenvalue weighted by atomic mass is 10.3. The van der Waals surface area contributed by atoms with Crippen LogP contribution in [0.2, 0.25) is 0 Å². The number of nitrogens with one attached hydrogen (secondary N) is 1. The average Bonchev–Trinajstić information content (AvgIpc) is 2.40. The molecule has 1 heteroatoms. The molecule has 0 amide bonds. The fraction of sp³-hybridized carbons (Fsp3) is 0.556. The highest BCUT2D eigenvalue weighted by molar-refractivity contribution is 5.10. The average molecular weight is 139 g/mol. The van der Waals surface area contributed by atoms with Crippen molar-refractivity contribution >= 4 is 0 Å². The summed E-state index contributed by atoms with van der Waals surface area (Å²) in [5, 5.41) is 0. The van der Waals surface area contributed by atoms with E-state index in [1.807, 2.05) is 13.8 Å². The van der Waals surface area contributed by atoms with Gasteiger partial charge in [0.05, 0.1) is 0 Å². The third-order valence-electron chi connectivity index (χ3n) is 1.27. The van der Waals surface area contributed by atoms with Gasteiger partial charge in [-0.2, -0.15) is 0 Å². The number of hydrogen-bond acceptors (Lipinski definition) is 0. The summed E-state index contributed by atoms with van der Waals surface area (Å²) < 4.78 is 0. The maximum Gasteiger partial charge on any atom is 0.0146 e. The zero-order valence-corrected chi connectivity index (χ0v) is 7.36. The van der Waals surface area contributed by atoms with Crippen LogP contribution in [0.15, 0.2) is 12.1 Å².